The zero-order valence-electron chi connectivity index (χ0n) is 17.0. The van der Waals surface area contributed by atoms with Gasteiger partial charge in [0.15, 0.2) is 0 Å². The average molecular weight is 324 g/mol. The molecule has 1 saturated carbocycles. The molecule has 1 aliphatic rings. The predicted molar refractivity (Wildman–Crippen MR) is 105 cm³/mol. The Balaban J connectivity index is 2.49. The molecule has 0 heterocycles. The molecule has 1 nitrogen and oxygen atoms in total. The Morgan fingerprint density at radius 2 is 1.22 bits per heavy atom. The number of hydrogen-bond donors (Lipinski definition) is 0. The van der Waals surface area contributed by atoms with E-state index < -0.39 is 0 Å². The first-order valence-corrected chi connectivity index (χ1v) is 10.7. The highest BCUT2D eigenvalue weighted by molar-refractivity contribution is 4.88. The maximum Gasteiger partial charge on any atom is 0.00893 e. The fourth-order valence-electron chi connectivity index (χ4n) is 4.73. The Morgan fingerprint density at radius 3 is 1.74 bits per heavy atom. The molecule has 1 heteroatoms. The minimum Gasteiger partial charge on any atom is -0.306 e. The van der Waals surface area contributed by atoms with E-state index in [1.807, 2.05) is 0 Å². The first-order chi connectivity index (χ1) is 11.0. The van der Waals surface area contributed by atoms with Crippen LogP contribution in [-0.2, 0) is 0 Å². The molecule has 1 atom stereocenters. The summed E-state index contributed by atoms with van der Waals surface area (Å²) in [6, 6.07) is 0.843. The molecular formula is C22H45N. The molecule has 23 heavy (non-hydrogen) atoms. The number of rotatable bonds is 12. The summed E-state index contributed by atoms with van der Waals surface area (Å²) in [6.45, 7) is 7.30. The van der Waals surface area contributed by atoms with Gasteiger partial charge in [-0.25, -0.2) is 0 Å². The quantitative estimate of drug-likeness (QED) is 0.348. The SMILES string of the molecule is CCCCCCC[C@@](C)(CCCCC)C1CCC(N(C)C)CC1. The van der Waals surface area contributed by atoms with E-state index >= 15 is 0 Å². The third-order valence-electron chi connectivity index (χ3n) is 6.62. The summed E-state index contributed by atoms with van der Waals surface area (Å²) in [7, 11) is 4.53. The zero-order chi connectivity index (χ0) is 17.1. The first kappa shape index (κ1) is 21.0. The van der Waals surface area contributed by atoms with Crippen LogP contribution in [0.5, 0.6) is 0 Å². The Hall–Kier alpha value is -0.0400. The smallest absolute Gasteiger partial charge is 0.00893 e. The van der Waals surface area contributed by atoms with Crippen LogP contribution in [0.25, 0.3) is 0 Å². The van der Waals surface area contributed by atoms with Crippen molar-refractivity contribution in [2.45, 2.75) is 117 Å². The van der Waals surface area contributed by atoms with Gasteiger partial charge < -0.3 is 4.90 Å². The van der Waals surface area contributed by atoms with Gasteiger partial charge in [0.25, 0.3) is 0 Å². The Kier molecular flexibility index (Phi) is 10.5. The highest BCUT2D eigenvalue weighted by Crippen LogP contribution is 2.46. The van der Waals surface area contributed by atoms with Gasteiger partial charge in [-0.05, 0) is 64.0 Å². The third kappa shape index (κ3) is 7.59. The van der Waals surface area contributed by atoms with Gasteiger partial charge >= 0.3 is 0 Å². The van der Waals surface area contributed by atoms with Gasteiger partial charge in [0.2, 0.25) is 0 Å². The number of nitrogens with zero attached hydrogens (tertiary/aromatic N) is 1. The van der Waals surface area contributed by atoms with Crippen LogP contribution in [0, 0.1) is 11.3 Å². The molecule has 0 N–H and O–H groups in total. The Bertz CT molecular complexity index is 278. The van der Waals surface area contributed by atoms with Crippen molar-refractivity contribution in [1.29, 1.82) is 0 Å². The summed E-state index contributed by atoms with van der Waals surface area (Å²) in [5.74, 6) is 0.988. The molecule has 1 rings (SSSR count). The zero-order valence-corrected chi connectivity index (χ0v) is 17.0. The lowest BCUT2D eigenvalue weighted by Crippen LogP contribution is -2.37. The van der Waals surface area contributed by atoms with Crippen molar-refractivity contribution in [3.05, 3.63) is 0 Å². The van der Waals surface area contributed by atoms with Gasteiger partial charge in [0, 0.05) is 6.04 Å². The normalized spacial score (nSPS) is 24.8. The fourth-order valence-corrected chi connectivity index (χ4v) is 4.73. The van der Waals surface area contributed by atoms with E-state index in [1.165, 1.54) is 89.9 Å². The maximum atomic E-state index is 2.64. The van der Waals surface area contributed by atoms with Crippen LogP contribution in [-0.4, -0.2) is 25.0 Å². The van der Waals surface area contributed by atoms with Crippen molar-refractivity contribution in [2.24, 2.45) is 11.3 Å². The van der Waals surface area contributed by atoms with Crippen molar-refractivity contribution in [1.82, 2.24) is 4.90 Å². The summed E-state index contributed by atoms with van der Waals surface area (Å²) in [6.07, 6.45) is 20.2. The van der Waals surface area contributed by atoms with Crippen LogP contribution in [0.2, 0.25) is 0 Å². The van der Waals surface area contributed by atoms with E-state index in [1.54, 1.807) is 0 Å². The van der Waals surface area contributed by atoms with Crippen LogP contribution in [0.3, 0.4) is 0 Å². The topological polar surface area (TPSA) is 3.24 Å². The van der Waals surface area contributed by atoms with Gasteiger partial charge in [0.1, 0.15) is 0 Å². The molecule has 0 amide bonds. The summed E-state index contributed by atoms with van der Waals surface area (Å²) in [5, 5.41) is 0. The number of hydrogen-bond acceptors (Lipinski definition) is 1. The van der Waals surface area contributed by atoms with Crippen LogP contribution < -0.4 is 0 Å². The molecular weight excluding hydrogens is 278 g/mol. The molecule has 0 unspecified atom stereocenters. The highest BCUT2D eigenvalue weighted by atomic mass is 15.1. The minimum absolute atomic E-state index is 0.624. The molecule has 1 aliphatic carbocycles. The lowest BCUT2D eigenvalue weighted by Gasteiger charge is -2.43. The second kappa shape index (κ2) is 11.5. The molecule has 138 valence electrons. The monoisotopic (exact) mass is 323 g/mol. The lowest BCUT2D eigenvalue weighted by molar-refractivity contribution is 0.0772. The lowest BCUT2D eigenvalue weighted by atomic mass is 9.64. The van der Waals surface area contributed by atoms with Crippen molar-refractivity contribution in [3.63, 3.8) is 0 Å². The molecule has 0 spiro atoms. The van der Waals surface area contributed by atoms with Gasteiger partial charge in [0.05, 0.1) is 0 Å². The van der Waals surface area contributed by atoms with Gasteiger partial charge in [-0.2, -0.15) is 0 Å². The van der Waals surface area contributed by atoms with E-state index in [9.17, 15) is 0 Å². The Morgan fingerprint density at radius 1 is 0.739 bits per heavy atom. The van der Waals surface area contributed by atoms with E-state index in [0.29, 0.717) is 5.41 Å². The minimum atomic E-state index is 0.624. The molecule has 0 aliphatic heterocycles. The van der Waals surface area contributed by atoms with E-state index in [0.717, 1.165) is 12.0 Å². The largest absolute Gasteiger partial charge is 0.306 e. The van der Waals surface area contributed by atoms with Gasteiger partial charge in [-0.15, -0.1) is 0 Å². The second-order valence-corrected chi connectivity index (χ2v) is 8.74. The van der Waals surface area contributed by atoms with Crippen LogP contribution in [0.4, 0.5) is 0 Å². The van der Waals surface area contributed by atoms with Gasteiger partial charge in [-0.1, -0.05) is 72.1 Å². The molecule has 0 aromatic rings. The third-order valence-corrected chi connectivity index (χ3v) is 6.62. The van der Waals surface area contributed by atoms with Crippen molar-refractivity contribution < 1.29 is 0 Å². The van der Waals surface area contributed by atoms with Crippen molar-refractivity contribution >= 4 is 0 Å². The summed E-state index contributed by atoms with van der Waals surface area (Å²) >= 11 is 0. The fraction of sp³-hybridized carbons (Fsp3) is 1.00. The first-order valence-electron chi connectivity index (χ1n) is 10.7. The predicted octanol–water partition coefficient (Wildman–Crippen LogP) is 7.05. The molecule has 0 radical (unpaired) electrons. The second-order valence-electron chi connectivity index (χ2n) is 8.74. The summed E-state index contributed by atoms with van der Waals surface area (Å²) in [5.41, 5.74) is 0.624. The molecule has 0 bridgehead atoms. The molecule has 1 fully saturated rings. The number of unbranched alkanes of at least 4 members (excludes halogenated alkanes) is 6. The van der Waals surface area contributed by atoms with Crippen molar-refractivity contribution in [3.8, 4) is 0 Å². The van der Waals surface area contributed by atoms with E-state index in [-0.39, 0.29) is 0 Å². The van der Waals surface area contributed by atoms with Crippen LogP contribution >= 0.6 is 0 Å². The molecule has 0 aromatic carbocycles. The maximum absolute atomic E-state index is 2.64. The molecule has 0 saturated heterocycles. The van der Waals surface area contributed by atoms with Crippen LogP contribution in [0.1, 0.15) is 111 Å². The van der Waals surface area contributed by atoms with E-state index in [2.05, 4.69) is 39.8 Å². The Labute approximate surface area is 147 Å². The summed E-state index contributed by atoms with van der Waals surface area (Å²) < 4.78 is 0. The van der Waals surface area contributed by atoms with Crippen molar-refractivity contribution in [2.75, 3.05) is 14.1 Å². The highest BCUT2D eigenvalue weighted by Gasteiger charge is 2.36. The average Bonchev–Trinajstić information content (AvgIpc) is 2.55. The standard InChI is InChI=1S/C22H45N/c1-6-8-10-11-13-19-22(3,18-12-9-7-2)20-14-16-21(17-15-20)23(4)5/h20-21H,6-19H2,1-5H3/t20?,21?,22-/m1/s1. The van der Waals surface area contributed by atoms with Gasteiger partial charge in [-0.3, -0.25) is 0 Å². The van der Waals surface area contributed by atoms with E-state index in [4.69, 9.17) is 0 Å². The summed E-state index contributed by atoms with van der Waals surface area (Å²) in [4.78, 5) is 2.45. The van der Waals surface area contributed by atoms with Crippen LogP contribution in [0.15, 0.2) is 0 Å². The molecule has 0 aromatic heterocycles.